The number of fused-ring (bicyclic) bond motifs is 1. The molecule has 1 aromatic rings. The van der Waals surface area contributed by atoms with Crippen molar-refractivity contribution >= 4 is 17.6 Å². The van der Waals surface area contributed by atoms with Gasteiger partial charge in [-0.1, -0.05) is 11.6 Å². The molecule has 1 aliphatic heterocycles. The lowest BCUT2D eigenvalue weighted by Crippen LogP contribution is -2.27. The van der Waals surface area contributed by atoms with Crippen LogP contribution in [0.15, 0.2) is 0 Å². The first-order valence-electron chi connectivity index (χ1n) is 5.59. The molecule has 0 aromatic carbocycles. The molecule has 1 unspecified atom stereocenters. The van der Waals surface area contributed by atoms with Crippen molar-refractivity contribution in [2.75, 3.05) is 13.7 Å². The van der Waals surface area contributed by atoms with E-state index in [-0.39, 0.29) is 5.92 Å². The Morgan fingerprint density at radius 1 is 1.71 bits per heavy atom. The van der Waals surface area contributed by atoms with E-state index in [9.17, 15) is 4.79 Å². The maximum absolute atomic E-state index is 11.0. The number of aliphatic carboxylic acids is 1. The third kappa shape index (κ3) is 2.45. The Morgan fingerprint density at radius 3 is 3.12 bits per heavy atom. The van der Waals surface area contributed by atoms with Gasteiger partial charge in [-0.15, -0.1) is 0 Å². The number of carbonyl (C=O) groups is 1. The zero-order valence-corrected chi connectivity index (χ0v) is 10.4. The van der Waals surface area contributed by atoms with Gasteiger partial charge in [-0.05, 0) is 12.8 Å². The largest absolute Gasteiger partial charge is 0.481 e. The first-order valence-corrected chi connectivity index (χ1v) is 5.96. The van der Waals surface area contributed by atoms with Crippen molar-refractivity contribution in [2.24, 2.45) is 5.92 Å². The molecule has 1 atom stereocenters. The molecule has 1 aromatic heterocycles. The topological polar surface area (TPSA) is 64.4 Å². The smallest absolute Gasteiger partial charge is 0.308 e. The van der Waals surface area contributed by atoms with Gasteiger partial charge in [0.2, 0.25) is 0 Å². The Balaban J connectivity index is 2.24. The van der Waals surface area contributed by atoms with Gasteiger partial charge < -0.3 is 14.4 Å². The van der Waals surface area contributed by atoms with E-state index in [0.717, 1.165) is 11.5 Å². The number of hydrogen-bond acceptors (Lipinski definition) is 3. The molecule has 5 nitrogen and oxygen atoms in total. The van der Waals surface area contributed by atoms with Crippen molar-refractivity contribution in [3.05, 3.63) is 16.7 Å². The third-order valence-corrected chi connectivity index (χ3v) is 3.42. The summed E-state index contributed by atoms with van der Waals surface area (Å²) in [5.41, 5.74) is 0.954. The zero-order chi connectivity index (χ0) is 12.4. The molecule has 2 rings (SSSR count). The number of methoxy groups -OCH3 is 1. The highest BCUT2D eigenvalue weighted by Gasteiger charge is 2.28. The Kier molecular flexibility index (Phi) is 3.69. The van der Waals surface area contributed by atoms with E-state index in [1.807, 2.05) is 4.57 Å². The minimum absolute atomic E-state index is 0.339. The highest BCUT2D eigenvalue weighted by molar-refractivity contribution is 6.30. The van der Waals surface area contributed by atoms with Crippen LogP contribution in [0.5, 0.6) is 0 Å². The van der Waals surface area contributed by atoms with Gasteiger partial charge in [0.05, 0.1) is 18.2 Å². The lowest BCUT2D eigenvalue weighted by Gasteiger charge is -2.22. The van der Waals surface area contributed by atoms with Gasteiger partial charge in [0.1, 0.15) is 5.82 Å². The SMILES string of the molecule is COCCc1nc(Cl)c2n1CC(C(=O)O)CC2. The van der Waals surface area contributed by atoms with Crippen LogP contribution < -0.4 is 0 Å². The summed E-state index contributed by atoms with van der Waals surface area (Å²) in [7, 11) is 1.63. The Morgan fingerprint density at radius 2 is 2.47 bits per heavy atom. The number of halogens is 1. The zero-order valence-electron chi connectivity index (χ0n) is 9.65. The molecule has 6 heteroatoms. The first kappa shape index (κ1) is 12.4. The van der Waals surface area contributed by atoms with Crippen LogP contribution in [0.2, 0.25) is 5.15 Å². The molecule has 0 amide bonds. The molecule has 1 aliphatic rings. The number of ether oxygens (including phenoxy) is 1. The van der Waals surface area contributed by atoms with E-state index in [2.05, 4.69) is 4.98 Å². The molecule has 2 heterocycles. The molecule has 0 bridgehead atoms. The minimum Gasteiger partial charge on any atom is -0.481 e. The monoisotopic (exact) mass is 258 g/mol. The Labute approximate surface area is 104 Å². The van der Waals surface area contributed by atoms with E-state index in [1.165, 1.54) is 0 Å². The van der Waals surface area contributed by atoms with E-state index >= 15 is 0 Å². The van der Waals surface area contributed by atoms with Gasteiger partial charge in [0.15, 0.2) is 5.15 Å². The van der Waals surface area contributed by atoms with Gasteiger partial charge >= 0.3 is 5.97 Å². The molecule has 1 N–H and O–H groups in total. The standard InChI is InChI=1S/C11H15ClN2O3/c1-17-5-4-9-13-10(12)8-3-2-7(11(15)16)6-14(8)9/h7H,2-6H2,1H3,(H,15,16). The third-order valence-electron chi connectivity index (χ3n) is 3.11. The fourth-order valence-electron chi connectivity index (χ4n) is 2.17. The van der Waals surface area contributed by atoms with Gasteiger partial charge in [0.25, 0.3) is 0 Å². The molecule has 94 valence electrons. The fraction of sp³-hybridized carbons (Fsp3) is 0.636. The van der Waals surface area contributed by atoms with Gasteiger partial charge in [-0.3, -0.25) is 4.79 Å². The van der Waals surface area contributed by atoms with Gasteiger partial charge in [0, 0.05) is 20.1 Å². The average Bonchev–Trinajstić information content (AvgIpc) is 2.63. The molecule has 0 aliphatic carbocycles. The predicted octanol–water partition coefficient (Wildman–Crippen LogP) is 1.37. The van der Waals surface area contributed by atoms with E-state index < -0.39 is 5.97 Å². The van der Waals surface area contributed by atoms with Gasteiger partial charge in [-0.25, -0.2) is 4.98 Å². The molecular formula is C11H15ClN2O3. The number of hydrogen-bond donors (Lipinski definition) is 1. The fourth-order valence-corrected chi connectivity index (χ4v) is 2.46. The van der Waals surface area contributed by atoms with Crippen molar-refractivity contribution in [3.63, 3.8) is 0 Å². The van der Waals surface area contributed by atoms with Crippen LogP contribution >= 0.6 is 11.6 Å². The number of aromatic nitrogens is 2. The first-order chi connectivity index (χ1) is 8.13. The highest BCUT2D eigenvalue weighted by Crippen LogP contribution is 2.27. The van der Waals surface area contributed by atoms with E-state index in [0.29, 0.717) is 37.6 Å². The maximum atomic E-state index is 11.0. The summed E-state index contributed by atoms with van der Waals surface area (Å²) in [6.07, 6.45) is 1.96. The second-order valence-electron chi connectivity index (χ2n) is 4.19. The molecule has 17 heavy (non-hydrogen) atoms. The summed E-state index contributed by atoms with van der Waals surface area (Å²) in [6.45, 7) is 1.02. The van der Waals surface area contributed by atoms with E-state index in [4.69, 9.17) is 21.4 Å². The quantitative estimate of drug-likeness (QED) is 0.886. The molecular weight excluding hydrogens is 244 g/mol. The summed E-state index contributed by atoms with van der Waals surface area (Å²) in [6, 6.07) is 0. The number of carboxylic acids is 1. The summed E-state index contributed by atoms with van der Waals surface area (Å²) < 4.78 is 6.94. The predicted molar refractivity (Wildman–Crippen MR) is 62.3 cm³/mol. The second kappa shape index (κ2) is 5.06. The number of carboxylic acid groups (broad SMARTS) is 1. The van der Waals surface area contributed by atoms with E-state index in [1.54, 1.807) is 7.11 Å². The summed E-state index contributed by atoms with van der Waals surface area (Å²) in [4.78, 5) is 15.3. The van der Waals surface area contributed by atoms with Crippen LogP contribution in [0.4, 0.5) is 0 Å². The normalized spacial score (nSPS) is 19.1. The Hall–Kier alpha value is -1.07. The van der Waals surface area contributed by atoms with Crippen molar-refractivity contribution < 1.29 is 14.6 Å². The Bertz CT molecular complexity index is 431. The van der Waals surface area contributed by atoms with Crippen LogP contribution in [-0.4, -0.2) is 34.3 Å². The number of rotatable bonds is 4. The molecule has 0 saturated carbocycles. The minimum atomic E-state index is -0.752. The number of imidazole rings is 1. The molecule has 0 fully saturated rings. The molecule has 0 saturated heterocycles. The van der Waals surface area contributed by atoms with Crippen LogP contribution in [-0.2, 0) is 28.9 Å². The lowest BCUT2D eigenvalue weighted by atomic mass is 9.98. The number of nitrogens with zero attached hydrogens (tertiary/aromatic N) is 2. The van der Waals surface area contributed by atoms with Crippen molar-refractivity contribution in [1.29, 1.82) is 0 Å². The lowest BCUT2D eigenvalue weighted by molar-refractivity contribution is -0.142. The molecule has 0 radical (unpaired) electrons. The van der Waals surface area contributed by atoms with Crippen LogP contribution in [0.25, 0.3) is 0 Å². The highest BCUT2D eigenvalue weighted by atomic mass is 35.5. The second-order valence-corrected chi connectivity index (χ2v) is 4.55. The van der Waals surface area contributed by atoms with Crippen LogP contribution in [0.3, 0.4) is 0 Å². The summed E-state index contributed by atoms with van der Waals surface area (Å²) in [5, 5.41) is 9.55. The summed E-state index contributed by atoms with van der Waals surface area (Å²) >= 11 is 6.05. The average molecular weight is 259 g/mol. The summed E-state index contributed by atoms with van der Waals surface area (Å²) in [5.74, 6) is -0.273. The van der Waals surface area contributed by atoms with Gasteiger partial charge in [-0.2, -0.15) is 0 Å². The van der Waals surface area contributed by atoms with Crippen molar-refractivity contribution in [2.45, 2.75) is 25.8 Å². The molecule has 0 spiro atoms. The van der Waals surface area contributed by atoms with Crippen LogP contribution in [0.1, 0.15) is 17.9 Å². The van der Waals surface area contributed by atoms with Crippen LogP contribution in [0, 0.1) is 5.92 Å². The maximum Gasteiger partial charge on any atom is 0.308 e. The van der Waals surface area contributed by atoms with Crippen molar-refractivity contribution in [3.8, 4) is 0 Å². The van der Waals surface area contributed by atoms with Crippen molar-refractivity contribution in [1.82, 2.24) is 9.55 Å².